The molecule has 0 bridgehead atoms. The molecule has 1 aromatic rings. The van der Waals surface area contributed by atoms with Crippen molar-refractivity contribution < 1.29 is 41.4 Å². The van der Waals surface area contributed by atoms with Gasteiger partial charge in [0.05, 0.1) is 0 Å². The number of carbonyl (C=O) groups is 1. The summed E-state index contributed by atoms with van der Waals surface area (Å²) in [6, 6.07) is 2.64. The van der Waals surface area contributed by atoms with Crippen LogP contribution in [0.5, 0.6) is 0 Å². The van der Waals surface area contributed by atoms with Crippen molar-refractivity contribution in [2.75, 3.05) is 0 Å². The van der Waals surface area contributed by atoms with Crippen molar-refractivity contribution >= 4 is 11.5 Å². The molecule has 0 aliphatic rings. The van der Waals surface area contributed by atoms with E-state index in [0.717, 1.165) is 18.2 Å². The van der Waals surface area contributed by atoms with Gasteiger partial charge in [-0.15, -0.1) is 0 Å². The van der Waals surface area contributed by atoms with Crippen molar-refractivity contribution in [2.24, 2.45) is 0 Å². The summed E-state index contributed by atoms with van der Waals surface area (Å²) in [5, 5.41) is 17.7. The largest absolute Gasteiger partial charge is 0.478 e. The summed E-state index contributed by atoms with van der Waals surface area (Å²) in [6.07, 6.45) is -11.2. The highest BCUT2D eigenvalue weighted by Crippen LogP contribution is 2.50. The lowest BCUT2D eigenvalue weighted by molar-refractivity contribution is -0.376. The number of rotatable bonds is 3. The molecular formula is C13H10F6O3. The first-order valence-electron chi connectivity index (χ1n) is 5.68. The molecule has 1 rings (SSSR count). The molecule has 3 nitrogen and oxygen atoms in total. The van der Waals surface area contributed by atoms with Gasteiger partial charge in [-0.3, -0.25) is 0 Å². The number of carboxylic acid groups (broad SMARTS) is 1. The average Bonchev–Trinajstić information content (AvgIpc) is 2.34. The van der Waals surface area contributed by atoms with Crippen LogP contribution in [0.15, 0.2) is 30.3 Å². The summed E-state index contributed by atoms with van der Waals surface area (Å²) in [5.41, 5.74) is -6.16. The first kappa shape index (κ1) is 18.0. The lowest BCUT2D eigenvalue weighted by Gasteiger charge is -2.32. The second-order valence-electron chi connectivity index (χ2n) is 4.45. The molecule has 0 aliphatic heterocycles. The Kier molecular flexibility index (Phi) is 4.62. The van der Waals surface area contributed by atoms with Gasteiger partial charge in [0.25, 0.3) is 5.60 Å². The van der Waals surface area contributed by atoms with E-state index in [1.165, 1.54) is 6.92 Å². The van der Waals surface area contributed by atoms with Crippen LogP contribution >= 0.6 is 0 Å². The first-order valence-corrected chi connectivity index (χ1v) is 5.68. The molecule has 0 aliphatic carbocycles. The fourth-order valence-corrected chi connectivity index (χ4v) is 1.73. The normalized spacial score (nSPS) is 14.1. The average molecular weight is 328 g/mol. The van der Waals surface area contributed by atoms with Crippen molar-refractivity contribution in [1.82, 2.24) is 0 Å². The number of benzene rings is 1. The summed E-state index contributed by atoms with van der Waals surface area (Å²) in [6.45, 7) is 1.32. The minimum atomic E-state index is -5.96. The van der Waals surface area contributed by atoms with Crippen molar-refractivity contribution in [3.8, 4) is 0 Å². The summed E-state index contributed by atoms with van der Waals surface area (Å²) in [4.78, 5) is 10.5. The van der Waals surface area contributed by atoms with E-state index in [0.29, 0.717) is 12.1 Å². The standard InChI is InChI=1S/C13H10F6O3/c1-7(6-10(20)21)8-2-4-9(5-3-8)11(22,12(14,15)16)13(17,18)19/h2-6,22H,1H3,(H,20,21). The van der Waals surface area contributed by atoms with Crippen LogP contribution in [0, 0.1) is 0 Å². The Morgan fingerprint density at radius 1 is 1.00 bits per heavy atom. The number of aliphatic hydroxyl groups is 1. The van der Waals surface area contributed by atoms with Crippen molar-refractivity contribution in [3.63, 3.8) is 0 Å². The van der Waals surface area contributed by atoms with Gasteiger partial charge in [0.1, 0.15) is 0 Å². The van der Waals surface area contributed by atoms with E-state index >= 15 is 0 Å². The summed E-state index contributed by atoms with van der Waals surface area (Å²) >= 11 is 0. The minimum absolute atomic E-state index is 0.109. The van der Waals surface area contributed by atoms with Gasteiger partial charge in [0, 0.05) is 11.6 Å². The van der Waals surface area contributed by atoms with Crippen LogP contribution in [0.3, 0.4) is 0 Å². The fraction of sp³-hybridized carbons (Fsp3) is 0.308. The number of alkyl halides is 6. The second-order valence-corrected chi connectivity index (χ2v) is 4.45. The maximum Gasteiger partial charge on any atom is 0.430 e. The zero-order valence-corrected chi connectivity index (χ0v) is 11.0. The molecule has 2 N–H and O–H groups in total. The van der Waals surface area contributed by atoms with Crippen LogP contribution in [0.1, 0.15) is 18.1 Å². The molecule has 0 atom stereocenters. The van der Waals surface area contributed by atoms with E-state index < -0.39 is 29.5 Å². The van der Waals surface area contributed by atoms with Crippen molar-refractivity contribution in [1.29, 1.82) is 0 Å². The van der Waals surface area contributed by atoms with Crippen LogP contribution in [0.2, 0.25) is 0 Å². The highest BCUT2D eigenvalue weighted by molar-refractivity contribution is 5.89. The van der Waals surface area contributed by atoms with Crippen LogP contribution in [-0.4, -0.2) is 28.5 Å². The molecule has 1 aromatic carbocycles. The summed E-state index contributed by atoms with van der Waals surface area (Å²) in [5.74, 6) is -1.32. The molecule has 22 heavy (non-hydrogen) atoms. The molecule has 0 heterocycles. The summed E-state index contributed by atoms with van der Waals surface area (Å²) < 4.78 is 75.9. The van der Waals surface area contributed by atoms with Gasteiger partial charge < -0.3 is 10.2 Å². The van der Waals surface area contributed by atoms with Crippen LogP contribution in [-0.2, 0) is 10.4 Å². The molecule has 122 valence electrons. The third-order valence-corrected chi connectivity index (χ3v) is 2.92. The first-order chi connectivity index (χ1) is 9.80. The Morgan fingerprint density at radius 2 is 1.41 bits per heavy atom. The molecule has 9 heteroatoms. The highest BCUT2D eigenvalue weighted by atomic mass is 19.4. The monoisotopic (exact) mass is 328 g/mol. The second kappa shape index (κ2) is 5.64. The zero-order chi connectivity index (χ0) is 17.3. The van der Waals surface area contributed by atoms with E-state index in [1.807, 2.05) is 0 Å². The Labute approximate surface area is 120 Å². The fourth-order valence-electron chi connectivity index (χ4n) is 1.73. The maximum absolute atomic E-state index is 12.7. The van der Waals surface area contributed by atoms with Gasteiger partial charge in [-0.1, -0.05) is 24.3 Å². The van der Waals surface area contributed by atoms with Crippen molar-refractivity contribution in [3.05, 3.63) is 41.5 Å². The van der Waals surface area contributed by atoms with E-state index in [1.54, 1.807) is 0 Å². The number of halogens is 6. The molecule has 0 fully saturated rings. The lowest BCUT2D eigenvalue weighted by atomic mass is 9.91. The Bertz CT molecular complexity index is 569. The van der Waals surface area contributed by atoms with Gasteiger partial charge in [0.2, 0.25) is 0 Å². The quantitative estimate of drug-likeness (QED) is 0.660. The van der Waals surface area contributed by atoms with Gasteiger partial charge >= 0.3 is 18.3 Å². The number of hydrogen-bond donors (Lipinski definition) is 2. The number of aliphatic carboxylic acids is 1. The minimum Gasteiger partial charge on any atom is -0.478 e. The third kappa shape index (κ3) is 3.24. The molecule has 0 radical (unpaired) electrons. The molecule has 0 spiro atoms. The van der Waals surface area contributed by atoms with E-state index in [4.69, 9.17) is 5.11 Å². The van der Waals surface area contributed by atoms with E-state index in [2.05, 4.69) is 0 Å². The lowest BCUT2D eigenvalue weighted by Crippen LogP contribution is -2.53. The van der Waals surface area contributed by atoms with Gasteiger partial charge in [0.15, 0.2) is 0 Å². The molecule has 0 unspecified atom stereocenters. The molecule has 0 saturated heterocycles. The predicted octanol–water partition coefficient (Wildman–Crippen LogP) is 3.49. The van der Waals surface area contributed by atoms with Crippen LogP contribution in [0.4, 0.5) is 26.3 Å². The number of allylic oxidation sites excluding steroid dienone is 1. The van der Waals surface area contributed by atoms with E-state index in [-0.39, 0.29) is 11.1 Å². The molecule has 0 aromatic heterocycles. The highest BCUT2D eigenvalue weighted by Gasteiger charge is 2.71. The maximum atomic E-state index is 12.7. The van der Waals surface area contributed by atoms with Gasteiger partial charge in [-0.25, -0.2) is 4.79 Å². The molecule has 0 amide bonds. The van der Waals surface area contributed by atoms with Crippen LogP contribution in [0.25, 0.3) is 5.57 Å². The predicted molar refractivity (Wildman–Crippen MR) is 63.7 cm³/mol. The molecule has 0 saturated carbocycles. The Morgan fingerprint density at radius 3 is 1.73 bits per heavy atom. The van der Waals surface area contributed by atoms with Gasteiger partial charge in [-0.2, -0.15) is 26.3 Å². The third-order valence-electron chi connectivity index (χ3n) is 2.92. The topological polar surface area (TPSA) is 57.5 Å². The SMILES string of the molecule is CC(=CC(=O)O)c1ccc(C(O)(C(F)(F)F)C(F)(F)F)cc1. The number of hydrogen-bond acceptors (Lipinski definition) is 2. The van der Waals surface area contributed by atoms with Crippen LogP contribution < -0.4 is 0 Å². The Hall–Kier alpha value is -2.03. The van der Waals surface area contributed by atoms with Gasteiger partial charge in [-0.05, 0) is 18.1 Å². The zero-order valence-electron chi connectivity index (χ0n) is 11.0. The summed E-state index contributed by atoms with van der Waals surface area (Å²) in [7, 11) is 0. The number of carboxylic acids is 1. The van der Waals surface area contributed by atoms with Crippen molar-refractivity contribution in [2.45, 2.75) is 24.9 Å². The molecular weight excluding hydrogens is 318 g/mol. The van der Waals surface area contributed by atoms with E-state index in [9.17, 15) is 36.2 Å². The Balaban J connectivity index is 3.35. The smallest absolute Gasteiger partial charge is 0.430 e.